The molecule has 2 aliphatic heterocycles. The Kier molecular flexibility index (Phi) is 4.67. The van der Waals surface area contributed by atoms with E-state index in [-0.39, 0.29) is 5.41 Å². The maximum Gasteiger partial charge on any atom is 0.0992 e. The van der Waals surface area contributed by atoms with Crippen molar-refractivity contribution >= 4 is 22.2 Å². The molecular formula is C29H32N4. The lowest BCUT2D eigenvalue weighted by molar-refractivity contribution is 0.208. The Hall–Kier alpha value is -3.03. The molecule has 1 aliphatic carbocycles. The average Bonchev–Trinajstić information content (AvgIpc) is 3.51. The minimum absolute atomic E-state index is 0.165. The summed E-state index contributed by atoms with van der Waals surface area (Å²) in [5.41, 5.74) is 8.94. The first kappa shape index (κ1) is 20.6. The van der Waals surface area contributed by atoms with Crippen LogP contribution in [0.15, 0.2) is 43.0 Å². The lowest BCUT2D eigenvalue weighted by atomic mass is 9.70. The van der Waals surface area contributed by atoms with Gasteiger partial charge in [0.25, 0.3) is 0 Å². The summed E-state index contributed by atoms with van der Waals surface area (Å²) in [5, 5.41) is 10.5. The number of piperidine rings is 1. The number of hydrogen-bond acceptors (Lipinski definition) is 3. The van der Waals surface area contributed by atoms with Gasteiger partial charge in [0.2, 0.25) is 0 Å². The molecule has 6 rings (SSSR count). The summed E-state index contributed by atoms with van der Waals surface area (Å²) in [6, 6.07) is 15.9. The highest BCUT2D eigenvalue weighted by Gasteiger charge is 2.37. The molecule has 3 aromatic rings. The SMILES string of the molecule is C=C1c2ccc(N3CCC(N4CCCC4)CC3)cc2C(C)(C)c2[nH]c3cc(C#N)ccc3c21. The summed E-state index contributed by atoms with van der Waals surface area (Å²) in [4.78, 5) is 8.95. The molecule has 2 saturated heterocycles. The van der Waals surface area contributed by atoms with Crippen molar-refractivity contribution in [1.82, 2.24) is 9.88 Å². The molecule has 3 aliphatic rings. The molecule has 2 aromatic carbocycles. The minimum Gasteiger partial charge on any atom is -0.371 e. The summed E-state index contributed by atoms with van der Waals surface area (Å²) in [6.07, 6.45) is 5.27. The van der Waals surface area contributed by atoms with Crippen LogP contribution in [0.1, 0.15) is 67.5 Å². The number of rotatable bonds is 2. The highest BCUT2D eigenvalue weighted by molar-refractivity contribution is 6.01. The lowest BCUT2D eigenvalue weighted by Gasteiger charge is -2.39. The monoisotopic (exact) mass is 436 g/mol. The molecule has 0 saturated carbocycles. The van der Waals surface area contributed by atoms with Crippen LogP contribution in [0.5, 0.6) is 0 Å². The summed E-state index contributed by atoms with van der Waals surface area (Å²) in [6.45, 7) is 14.0. The number of aromatic amines is 1. The highest BCUT2D eigenvalue weighted by atomic mass is 15.2. The lowest BCUT2D eigenvalue weighted by Crippen LogP contribution is -2.44. The fraction of sp³-hybridized carbons (Fsp3) is 0.414. The van der Waals surface area contributed by atoms with Crippen LogP contribution in [-0.4, -0.2) is 42.1 Å². The van der Waals surface area contributed by atoms with Crippen molar-refractivity contribution in [3.63, 3.8) is 0 Å². The Bertz CT molecular complexity index is 1290. The van der Waals surface area contributed by atoms with Gasteiger partial charge >= 0.3 is 0 Å². The molecule has 4 nitrogen and oxygen atoms in total. The van der Waals surface area contributed by atoms with Crippen LogP contribution in [0.25, 0.3) is 16.5 Å². The van der Waals surface area contributed by atoms with E-state index in [2.05, 4.69) is 65.5 Å². The molecule has 3 heterocycles. The standard InChI is InChI=1S/C29H32N4/c1-19-23-9-7-22(33-14-10-21(11-15-33)32-12-4-5-13-32)17-25(23)29(2,3)28-27(19)24-8-6-20(18-30)16-26(24)31-28/h6-9,16-17,21,31H,1,4-5,10-15H2,2-3H3. The normalized spacial score (nSPS) is 20.6. The molecule has 0 spiro atoms. The van der Waals surface area contributed by atoms with Gasteiger partial charge in [0, 0.05) is 52.4 Å². The summed E-state index contributed by atoms with van der Waals surface area (Å²) in [7, 11) is 0. The van der Waals surface area contributed by atoms with Crippen LogP contribution in [0.3, 0.4) is 0 Å². The van der Waals surface area contributed by atoms with E-state index in [0.717, 1.165) is 35.6 Å². The Balaban J connectivity index is 1.34. The van der Waals surface area contributed by atoms with E-state index in [4.69, 9.17) is 0 Å². The first-order valence-corrected chi connectivity index (χ1v) is 12.4. The predicted molar refractivity (Wildman–Crippen MR) is 136 cm³/mol. The van der Waals surface area contributed by atoms with Crippen LogP contribution < -0.4 is 4.90 Å². The molecule has 0 unspecified atom stereocenters. The van der Waals surface area contributed by atoms with Gasteiger partial charge in [0.15, 0.2) is 0 Å². The van der Waals surface area contributed by atoms with E-state index < -0.39 is 0 Å². The fourth-order valence-electron chi connectivity index (χ4n) is 6.42. The molecular weight excluding hydrogens is 404 g/mol. The number of fused-ring (bicyclic) bond motifs is 4. The maximum atomic E-state index is 9.34. The van der Waals surface area contributed by atoms with Crippen molar-refractivity contribution in [3.8, 4) is 6.07 Å². The van der Waals surface area contributed by atoms with Crippen LogP contribution in [0.4, 0.5) is 5.69 Å². The Morgan fingerprint density at radius 1 is 1.03 bits per heavy atom. The first-order valence-electron chi connectivity index (χ1n) is 12.4. The molecule has 0 bridgehead atoms. The zero-order chi connectivity index (χ0) is 22.7. The molecule has 33 heavy (non-hydrogen) atoms. The van der Waals surface area contributed by atoms with Crippen molar-refractivity contribution in [1.29, 1.82) is 5.26 Å². The van der Waals surface area contributed by atoms with E-state index in [1.165, 1.54) is 66.8 Å². The van der Waals surface area contributed by atoms with E-state index in [9.17, 15) is 5.26 Å². The van der Waals surface area contributed by atoms with Crippen LogP contribution in [-0.2, 0) is 5.41 Å². The Labute approximate surface area is 196 Å². The van der Waals surface area contributed by atoms with Crippen LogP contribution in [0, 0.1) is 11.3 Å². The number of anilines is 1. The van der Waals surface area contributed by atoms with Gasteiger partial charge in [0.1, 0.15) is 0 Å². The quantitative estimate of drug-likeness (QED) is 0.552. The number of benzene rings is 2. The van der Waals surface area contributed by atoms with Crippen LogP contribution in [0.2, 0.25) is 0 Å². The van der Waals surface area contributed by atoms with E-state index >= 15 is 0 Å². The van der Waals surface area contributed by atoms with Crippen molar-refractivity contribution < 1.29 is 0 Å². The second-order valence-electron chi connectivity index (χ2n) is 10.5. The molecule has 4 heteroatoms. The van der Waals surface area contributed by atoms with E-state index in [1.54, 1.807) is 0 Å². The van der Waals surface area contributed by atoms with Gasteiger partial charge in [-0.3, -0.25) is 0 Å². The van der Waals surface area contributed by atoms with Crippen molar-refractivity contribution in [3.05, 3.63) is 70.9 Å². The molecule has 0 atom stereocenters. The first-order chi connectivity index (χ1) is 16.0. The van der Waals surface area contributed by atoms with Gasteiger partial charge in [-0.15, -0.1) is 0 Å². The molecule has 1 aromatic heterocycles. The number of hydrogen-bond donors (Lipinski definition) is 1. The number of aromatic nitrogens is 1. The van der Waals surface area contributed by atoms with E-state index in [0.29, 0.717) is 5.56 Å². The third-order valence-corrected chi connectivity index (χ3v) is 8.34. The van der Waals surface area contributed by atoms with Crippen LogP contribution >= 0.6 is 0 Å². The van der Waals surface area contributed by atoms with Gasteiger partial charge < -0.3 is 14.8 Å². The molecule has 1 N–H and O–H groups in total. The molecule has 2 fully saturated rings. The fourth-order valence-corrected chi connectivity index (χ4v) is 6.42. The maximum absolute atomic E-state index is 9.34. The summed E-state index contributed by atoms with van der Waals surface area (Å²) < 4.78 is 0. The van der Waals surface area contributed by atoms with Gasteiger partial charge in [-0.2, -0.15) is 5.26 Å². The third kappa shape index (κ3) is 3.14. The third-order valence-electron chi connectivity index (χ3n) is 8.34. The van der Waals surface area contributed by atoms with Gasteiger partial charge in [-0.05, 0) is 79.7 Å². The second kappa shape index (κ2) is 7.50. The molecule has 0 amide bonds. The predicted octanol–water partition coefficient (Wildman–Crippen LogP) is 5.80. The number of nitrogens with one attached hydrogen (secondary N) is 1. The van der Waals surface area contributed by atoms with Crippen molar-refractivity contribution in [2.24, 2.45) is 0 Å². The van der Waals surface area contributed by atoms with Gasteiger partial charge in [-0.1, -0.05) is 32.6 Å². The largest absolute Gasteiger partial charge is 0.371 e. The van der Waals surface area contributed by atoms with Crippen molar-refractivity contribution in [2.45, 2.75) is 51.0 Å². The summed E-state index contributed by atoms with van der Waals surface area (Å²) >= 11 is 0. The average molecular weight is 437 g/mol. The highest BCUT2D eigenvalue weighted by Crippen LogP contribution is 2.49. The summed E-state index contributed by atoms with van der Waals surface area (Å²) in [5.74, 6) is 0. The zero-order valence-electron chi connectivity index (χ0n) is 19.7. The number of likely N-dealkylation sites (tertiary alicyclic amines) is 1. The number of nitriles is 1. The Morgan fingerprint density at radius 2 is 1.79 bits per heavy atom. The second-order valence-corrected chi connectivity index (χ2v) is 10.5. The van der Waals surface area contributed by atoms with Crippen molar-refractivity contribution in [2.75, 3.05) is 31.1 Å². The molecule has 0 radical (unpaired) electrons. The molecule has 168 valence electrons. The van der Waals surface area contributed by atoms with E-state index in [1.807, 2.05) is 12.1 Å². The number of H-pyrrole nitrogens is 1. The topological polar surface area (TPSA) is 46.1 Å². The number of nitrogens with zero attached hydrogens (tertiary/aromatic N) is 3. The van der Waals surface area contributed by atoms with Gasteiger partial charge in [-0.25, -0.2) is 0 Å². The zero-order valence-corrected chi connectivity index (χ0v) is 19.7. The smallest absolute Gasteiger partial charge is 0.0992 e. The van der Waals surface area contributed by atoms with Gasteiger partial charge in [0.05, 0.1) is 11.6 Å². The minimum atomic E-state index is -0.165. The Morgan fingerprint density at radius 3 is 2.52 bits per heavy atom.